The Morgan fingerprint density at radius 3 is 1.89 bits per heavy atom. The fourth-order valence-electron chi connectivity index (χ4n) is 1.09. The maximum Gasteiger partial charge on any atom is 0.471 e. The summed E-state index contributed by atoms with van der Waals surface area (Å²) in [4.78, 5) is 22.5. The Kier molecular flexibility index (Phi) is 5.39. The lowest BCUT2D eigenvalue weighted by atomic mass is 10.1. The Labute approximate surface area is 105 Å². The minimum absolute atomic E-state index is 0.486. The van der Waals surface area contributed by atoms with Crippen molar-refractivity contribution < 1.29 is 27.2 Å². The fraction of sp³-hybridized carbons (Fsp3) is 0.800. The molecule has 8 heteroatoms. The van der Waals surface area contributed by atoms with Crippen molar-refractivity contribution in [2.24, 2.45) is 5.92 Å². The van der Waals surface area contributed by atoms with E-state index in [1.807, 2.05) is 0 Å². The molecule has 106 valence electrons. The highest BCUT2D eigenvalue weighted by atomic mass is 28.4. The Morgan fingerprint density at radius 1 is 1.17 bits per heavy atom. The van der Waals surface area contributed by atoms with Crippen LogP contribution in [0, 0.1) is 5.92 Å². The van der Waals surface area contributed by atoms with Crippen molar-refractivity contribution in [3.63, 3.8) is 0 Å². The van der Waals surface area contributed by atoms with Gasteiger partial charge in [-0.1, -0.05) is 13.8 Å². The molecular formula is C10H18F3NO3Si. The molecule has 1 N–H and O–H groups in total. The van der Waals surface area contributed by atoms with E-state index in [0.29, 0.717) is 0 Å². The molecular weight excluding hydrogens is 267 g/mol. The molecule has 0 saturated carbocycles. The van der Waals surface area contributed by atoms with E-state index in [1.54, 1.807) is 25.0 Å². The lowest BCUT2D eigenvalue weighted by Gasteiger charge is -2.26. The second kappa shape index (κ2) is 5.72. The fourth-order valence-corrected chi connectivity index (χ4v) is 1.82. The Balaban J connectivity index is 4.79. The minimum atomic E-state index is -5.01. The average molecular weight is 285 g/mol. The van der Waals surface area contributed by atoms with Gasteiger partial charge < -0.3 is 9.74 Å². The number of rotatable bonds is 4. The molecule has 1 unspecified atom stereocenters. The molecule has 4 nitrogen and oxygen atoms in total. The predicted molar refractivity (Wildman–Crippen MR) is 62.3 cm³/mol. The van der Waals surface area contributed by atoms with Gasteiger partial charge in [-0.2, -0.15) is 13.2 Å². The van der Waals surface area contributed by atoms with Crippen molar-refractivity contribution in [2.75, 3.05) is 0 Å². The van der Waals surface area contributed by atoms with Gasteiger partial charge in [0.2, 0.25) is 8.32 Å². The van der Waals surface area contributed by atoms with Crippen molar-refractivity contribution in [3.05, 3.63) is 0 Å². The van der Waals surface area contributed by atoms with Gasteiger partial charge in [-0.15, -0.1) is 0 Å². The number of alkyl halides is 3. The summed E-state index contributed by atoms with van der Waals surface area (Å²) in [6.45, 7) is 8.26. The molecule has 0 radical (unpaired) electrons. The zero-order valence-electron chi connectivity index (χ0n) is 11.0. The summed E-state index contributed by atoms with van der Waals surface area (Å²) in [6.07, 6.45) is -5.01. The summed E-state index contributed by atoms with van der Waals surface area (Å²) >= 11 is 0. The molecule has 0 fully saturated rings. The van der Waals surface area contributed by atoms with Crippen LogP contribution in [0.3, 0.4) is 0 Å². The summed E-state index contributed by atoms with van der Waals surface area (Å²) < 4.78 is 41.4. The molecule has 0 aromatic rings. The Morgan fingerprint density at radius 2 is 1.61 bits per heavy atom. The summed E-state index contributed by atoms with van der Waals surface area (Å²) in [5, 5.41) is 1.66. The second-order valence-corrected chi connectivity index (χ2v) is 9.66. The molecule has 1 amide bonds. The van der Waals surface area contributed by atoms with E-state index in [-0.39, 0.29) is 0 Å². The van der Waals surface area contributed by atoms with Crippen molar-refractivity contribution in [2.45, 2.75) is 45.7 Å². The number of amides is 1. The lowest BCUT2D eigenvalue weighted by molar-refractivity contribution is -0.175. The third kappa shape index (κ3) is 6.04. The molecule has 0 aliphatic carbocycles. The van der Waals surface area contributed by atoms with E-state index in [2.05, 4.69) is 0 Å². The monoisotopic (exact) mass is 285 g/mol. The van der Waals surface area contributed by atoms with Crippen molar-refractivity contribution in [1.82, 2.24) is 5.32 Å². The highest BCUT2D eigenvalue weighted by Gasteiger charge is 2.42. The average Bonchev–Trinajstić information content (AvgIpc) is 2.07. The van der Waals surface area contributed by atoms with Gasteiger partial charge in [0, 0.05) is 0 Å². The highest BCUT2D eigenvalue weighted by Crippen LogP contribution is 2.17. The molecule has 0 saturated heterocycles. The van der Waals surface area contributed by atoms with Crippen LogP contribution < -0.4 is 5.32 Å². The van der Waals surface area contributed by atoms with E-state index in [0.717, 1.165) is 0 Å². The van der Waals surface area contributed by atoms with Gasteiger partial charge in [-0.25, -0.2) is 0 Å². The molecule has 0 heterocycles. The van der Waals surface area contributed by atoms with Gasteiger partial charge in [0.15, 0.2) is 0 Å². The summed E-state index contributed by atoms with van der Waals surface area (Å²) in [5.74, 6) is -3.43. The topological polar surface area (TPSA) is 55.4 Å². The molecule has 0 spiro atoms. The molecule has 0 aromatic heterocycles. The standard InChI is InChI=1S/C10H18F3NO3Si/c1-6(2)7(8(15)17-18(3,4)5)14-9(16)10(11,12)13/h6-7H,1-5H3,(H,14,16). The first kappa shape index (κ1) is 16.9. The van der Waals surface area contributed by atoms with Crippen LogP contribution in [0.15, 0.2) is 0 Å². The quantitative estimate of drug-likeness (QED) is 0.804. The molecule has 0 bridgehead atoms. The number of hydrogen-bond donors (Lipinski definition) is 1. The SMILES string of the molecule is CC(C)C(NC(=O)C(F)(F)F)C(=O)O[Si](C)(C)C. The zero-order valence-corrected chi connectivity index (χ0v) is 12.0. The Bertz CT molecular complexity index is 323. The van der Waals surface area contributed by atoms with Gasteiger partial charge in [0.1, 0.15) is 6.04 Å². The van der Waals surface area contributed by atoms with E-state index in [4.69, 9.17) is 4.43 Å². The molecule has 0 rings (SSSR count). The van der Waals surface area contributed by atoms with Crippen molar-refractivity contribution in [3.8, 4) is 0 Å². The summed E-state index contributed by atoms with van der Waals surface area (Å²) in [6, 6.07) is -1.29. The number of hydrogen-bond acceptors (Lipinski definition) is 3. The minimum Gasteiger partial charge on any atom is -0.518 e. The van der Waals surface area contributed by atoms with Crippen LogP contribution in [-0.2, 0) is 14.0 Å². The van der Waals surface area contributed by atoms with E-state index < -0.39 is 38.3 Å². The van der Waals surface area contributed by atoms with Gasteiger partial charge in [0.05, 0.1) is 0 Å². The summed E-state index contributed by atoms with van der Waals surface area (Å²) in [5.41, 5.74) is 0. The van der Waals surface area contributed by atoms with Crippen LogP contribution in [0.25, 0.3) is 0 Å². The van der Waals surface area contributed by atoms with Gasteiger partial charge in [-0.05, 0) is 25.6 Å². The lowest BCUT2D eigenvalue weighted by Crippen LogP contribution is -2.51. The highest BCUT2D eigenvalue weighted by molar-refractivity contribution is 6.71. The second-order valence-electron chi connectivity index (χ2n) is 5.23. The maximum atomic E-state index is 12.1. The van der Waals surface area contributed by atoms with Crippen LogP contribution in [0.1, 0.15) is 13.8 Å². The zero-order chi connectivity index (χ0) is 14.7. The molecule has 0 aliphatic rings. The number of carbonyl (C=O) groups is 2. The van der Waals surface area contributed by atoms with E-state index in [1.165, 1.54) is 13.8 Å². The first-order valence-electron chi connectivity index (χ1n) is 5.45. The molecule has 0 aliphatic heterocycles. The number of halogens is 3. The van der Waals surface area contributed by atoms with E-state index in [9.17, 15) is 22.8 Å². The predicted octanol–water partition coefficient (Wildman–Crippen LogP) is 2.07. The number of nitrogens with one attached hydrogen (secondary N) is 1. The largest absolute Gasteiger partial charge is 0.518 e. The molecule has 0 aromatic carbocycles. The third-order valence-electron chi connectivity index (χ3n) is 1.87. The van der Waals surface area contributed by atoms with Crippen LogP contribution in [-0.4, -0.2) is 32.4 Å². The molecule has 1 atom stereocenters. The first-order valence-corrected chi connectivity index (χ1v) is 8.86. The smallest absolute Gasteiger partial charge is 0.471 e. The summed E-state index contributed by atoms with van der Waals surface area (Å²) in [7, 11) is -2.21. The number of carbonyl (C=O) groups excluding carboxylic acids is 2. The van der Waals surface area contributed by atoms with Gasteiger partial charge >= 0.3 is 18.1 Å². The van der Waals surface area contributed by atoms with Gasteiger partial charge in [0.25, 0.3) is 0 Å². The van der Waals surface area contributed by atoms with Crippen molar-refractivity contribution >= 4 is 20.2 Å². The Hall–Kier alpha value is -1.05. The van der Waals surface area contributed by atoms with Gasteiger partial charge in [-0.3, -0.25) is 9.59 Å². The van der Waals surface area contributed by atoms with E-state index >= 15 is 0 Å². The van der Waals surface area contributed by atoms with Crippen LogP contribution in [0.5, 0.6) is 0 Å². The first-order chi connectivity index (χ1) is 7.84. The van der Waals surface area contributed by atoms with Crippen molar-refractivity contribution in [1.29, 1.82) is 0 Å². The van der Waals surface area contributed by atoms with Crippen LogP contribution in [0.4, 0.5) is 13.2 Å². The van der Waals surface area contributed by atoms with Crippen LogP contribution in [0.2, 0.25) is 19.6 Å². The normalized spacial score (nSPS) is 14.3. The third-order valence-corrected chi connectivity index (χ3v) is 2.68. The molecule has 18 heavy (non-hydrogen) atoms. The van der Waals surface area contributed by atoms with Crippen LogP contribution >= 0.6 is 0 Å². The maximum absolute atomic E-state index is 12.1.